The van der Waals surface area contributed by atoms with Crippen molar-refractivity contribution in [3.63, 3.8) is 0 Å². The molecule has 7 nitrogen and oxygen atoms in total. The topological polar surface area (TPSA) is 108 Å². The number of hydrogen-bond donors (Lipinski definition) is 2. The van der Waals surface area contributed by atoms with Crippen molar-refractivity contribution in [1.82, 2.24) is 10.3 Å². The van der Waals surface area contributed by atoms with Gasteiger partial charge in [0.25, 0.3) is 15.9 Å². The number of nitrogens with one attached hydrogen (secondary N) is 2. The third-order valence-electron chi connectivity index (χ3n) is 3.47. The number of alkyl halides is 3. The SMILES string of the molecule is C[C@H](Oc1ccc(C#N)cc1)C(=O)NNS(=O)(=O)c1ccc(C(F)(F)F)cc1. The van der Waals surface area contributed by atoms with Gasteiger partial charge in [-0.3, -0.25) is 10.2 Å². The Kier molecular flexibility index (Phi) is 6.27. The second-order valence-corrected chi connectivity index (χ2v) is 7.20. The number of carbonyl (C=O) groups excluding carboxylic acids is 1. The molecule has 0 heterocycles. The standard InChI is InChI=1S/C17H14F3N3O4S/c1-11(27-14-6-2-12(10-21)3-7-14)16(24)22-23-28(25,26)15-8-4-13(5-9-15)17(18,19)20/h2-9,11,23H,1H3,(H,22,24)/t11-/m0/s1. The van der Waals surface area contributed by atoms with Crippen molar-refractivity contribution in [2.24, 2.45) is 0 Å². The van der Waals surface area contributed by atoms with Gasteiger partial charge in [0, 0.05) is 0 Å². The molecule has 11 heteroatoms. The molecule has 0 spiro atoms. The maximum Gasteiger partial charge on any atom is 0.416 e. The molecule has 0 saturated heterocycles. The summed E-state index contributed by atoms with van der Waals surface area (Å²) >= 11 is 0. The van der Waals surface area contributed by atoms with E-state index in [1.54, 1.807) is 4.83 Å². The molecule has 2 N–H and O–H groups in total. The maximum atomic E-state index is 12.5. The first-order chi connectivity index (χ1) is 13.0. The van der Waals surface area contributed by atoms with Crippen molar-refractivity contribution in [3.05, 3.63) is 59.7 Å². The molecule has 0 aliphatic heterocycles. The number of benzene rings is 2. The summed E-state index contributed by atoms with van der Waals surface area (Å²) in [6.45, 7) is 1.36. The highest BCUT2D eigenvalue weighted by molar-refractivity contribution is 7.89. The largest absolute Gasteiger partial charge is 0.481 e. The number of halogens is 3. The molecule has 0 bridgehead atoms. The zero-order chi connectivity index (χ0) is 20.9. The Labute approximate surface area is 158 Å². The van der Waals surface area contributed by atoms with Gasteiger partial charge in [0.1, 0.15) is 5.75 Å². The van der Waals surface area contributed by atoms with Crippen LogP contribution in [0.4, 0.5) is 13.2 Å². The number of rotatable bonds is 6. The van der Waals surface area contributed by atoms with Crippen molar-refractivity contribution >= 4 is 15.9 Å². The summed E-state index contributed by atoms with van der Waals surface area (Å²) in [7, 11) is -4.27. The highest BCUT2D eigenvalue weighted by atomic mass is 32.2. The lowest BCUT2D eigenvalue weighted by atomic mass is 10.2. The molecule has 1 atom stereocenters. The molecule has 2 aromatic carbocycles. The van der Waals surface area contributed by atoms with E-state index in [9.17, 15) is 26.4 Å². The first-order valence-electron chi connectivity index (χ1n) is 7.68. The Morgan fingerprint density at radius 2 is 1.68 bits per heavy atom. The number of hydrazine groups is 1. The fourth-order valence-electron chi connectivity index (χ4n) is 1.97. The molecular formula is C17H14F3N3O4S. The lowest BCUT2D eigenvalue weighted by Gasteiger charge is -2.15. The first kappa shape index (κ1) is 21.2. The van der Waals surface area contributed by atoms with Crippen molar-refractivity contribution in [1.29, 1.82) is 5.26 Å². The number of carbonyl (C=O) groups is 1. The van der Waals surface area contributed by atoms with Gasteiger partial charge in [-0.2, -0.15) is 18.4 Å². The second-order valence-electron chi connectivity index (χ2n) is 5.51. The normalized spacial score (nSPS) is 12.7. The Hall–Kier alpha value is -3.10. The van der Waals surface area contributed by atoms with Gasteiger partial charge in [-0.25, -0.2) is 8.42 Å². The minimum absolute atomic E-state index is 0.284. The van der Waals surface area contributed by atoms with Gasteiger partial charge in [-0.15, -0.1) is 4.83 Å². The lowest BCUT2D eigenvalue weighted by Crippen LogP contribution is -2.47. The highest BCUT2D eigenvalue weighted by Crippen LogP contribution is 2.29. The summed E-state index contributed by atoms with van der Waals surface area (Å²) < 4.78 is 67.0. The van der Waals surface area contributed by atoms with Crippen LogP contribution in [0, 0.1) is 11.3 Å². The van der Waals surface area contributed by atoms with Gasteiger partial charge < -0.3 is 4.74 Å². The maximum absolute atomic E-state index is 12.5. The molecular weight excluding hydrogens is 399 g/mol. The predicted octanol–water partition coefficient (Wildman–Crippen LogP) is 2.35. The van der Waals surface area contributed by atoms with Gasteiger partial charge in [0.05, 0.1) is 22.1 Å². The van der Waals surface area contributed by atoms with E-state index in [1.165, 1.54) is 31.2 Å². The minimum Gasteiger partial charge on any atom is -0.481 e. The zero-order valence-corrected chi connectivity index (χ0v) is 15.1. The molecule has 0 saturated carbocycles. The lowest BCUT2D eigenvalue weighted by molar-refractivity contribution is -0.137. The van der Waals surface area contributed by atoms with Crippen LogP contribution in [0.15, 0.2) is 53.4 Å². The molecule has 0 radical (unpaired) electrons. The number of ether oxygens (including phenoxy) is 1. The third-order valence-corrected chi connectivity index (χ3v) is 4.73. The molecule has 1 amide bonds. The first-order valence-corrected chi connectivity index (χ1v) is 9.17. The number of nitriles is 1. The van der Waals surface area contributed by atoms with Gasteiger partial charge in [0.2, 0.25) is 0 Å². The molecule has 0 fully saturated rings. The van der Waals surface area contributed by atoms with E-state index in [1.807, 2.05) is 11.5 Å². The number of sulfonamides is 1. The number of nitrogens with zero attached hydrogens (tertiary/aromatic N) is 1. The predicted molar refractivity (Wildman–Crippen MR) is 91.2 cm³/mol. The Balaban J connectivity index is 1.97. The van der Waals surface area contributed by atoms with E-state index in [0.29, 0.717) is 17.7 Å². The van der Waals surface area contributed by atoms with Crippen LogP contribution < -0.4 is 15.0 Å². The van der Waals surface area contributed by atoms with Crippen molar-refractivity contribution < 1.29 is 31.1 Å². The molecule has 2 aromatic rings. The molecule has 0 aromatic heterocycles. The van der Waals surface area contributed by atoms with E-state index in [-0.39, 0.29) is 5.75 Å². The van der Waals surface area contributed by atoms with Crippen molar-refractivity contribution in [3.8, 4) is 11.8 Å². The van der Waals surface area contributed by atoms with E-state index in [0.717, 1.165) is 12.1 Å². The number of amides is 1. The highest BCUT2D eigenvalue weighted by Gasteiger charge is 2.30. The van der Waals surface area contributed by atoms with Crippen LogP contribution in [0.25, 0.3) is 0 Å². The summed E-state index contributed by atoms with van der Waals surface area (Å²) in [6.07, 6.45) is -5.69. The summed E-state index contributed by atoms with van der Waals surface area (Å²) in [6, 6.07) is 10.6. The summed E-state index contributed by atoms with van der Waals surface area (Å²) in [4.78, 5) is 13.3. The van der Waals surface area contributed by atoms with Crippen LogP contribution in [0.1, 0.15) is 18.1 Å². The molecule has 0 aliphatic rings. The zero-order valence-electron chi connectivity index (χ0n) is 14.3. The minimum atomic E-state index is -4.60. The monoisotopic (exact) mass is 413 g/mol. The molecule has 2 rings (SSSR count). The fourth-order valence-corrected chi connectivity index (χ4v) is 2.81. The van der Waals surface area contributed by atoms with Crippen LogP contribution in [0.3, 0.4) is 0 Å². The van der Waals surface area contributed by atoms with E-state index in [4.69, 9.17) is 10.00 Å². The van der Waals surface area contributed by atoms with Gasteiger partial charge in [-0.05, 0) is 55.5 Å². The van der Waals surface area contributed by atoms with Crippen LogP contribution in [0.2, 0.25) is 0 Å². The van der Waals surface area contributed by atoms with E-state index >= 15 is 0 Å². The molecule has 148 valence electrons. The average molecular weight is 413 g/mol. The molecule has 0 aliphatic carbocycles. The van der Waals surface area contributed by atoms with Gasteiger partial charge >= 0.3 is 6.18 Å². The second kappa shape index (κ2) is 8.28. The third kappa shape index (κ3) is 5.45. The summed E-state index contributed by atoms with van der Waals surface area (Å²) in [5.41, 5.74) is 1.33. The smallest absolute Gasteiger partial charge is 0.416 e. The van der Waals surface area contributed by atoms with Gasteiger partial charge in [-0.1, -0.05) is 0 Å². The Morgan fingerprint density at radius 1 is 1.11 bits per heavy atom. The van der Waals surface area contributed by atoms with Crippen LogP contribution in [-0.2, 0) is 21.0 Å². The Morgan fingerprint density at radius 3 is 2.18 bits per heavy atom. The fraction of sp³-hybridized carbons (Fsp3) is 0.176. The average Bonchev–Trinajstić information content (AvgIpc) is 2.66. The molecule has 28 heavy (non-hydrogen) atoms. The van der Waals surface area contributed by atoms with E-state index < -0.39 is 38.7 Å². The van der Waals surface area contributed by atoms with Crippen molar-refractivity contribution in [2.45, 2.75) is 24.1 Å². The van der Waals surface area contributed by atoms with Crippen LogP contribution >= 0.6 is 0 Å². The summed E-state index contributed by atoms with van der Waals surface area (Å²) in [5, 5.41) is 8.72. The quantitative estimate of drug-likeness (QED) is 0.707. The molecule has 0 unspecified atom stereocenters. The van der Waals surface area contributed by atoms with Crippen LogP contribution in [-0.4, -0.2) is 20.4 Å². The number of hydrogen-bond acceptors (Lipinski definition) is 5. The van der Waals surface area contributed by atoms with Gasteiger partial charge in [0.15, 0.2) is 6.10 Å². The van der Waals surface area contributed by atoms with Crippen molar-refractivity contribution in [2.75, 3.05) is 0 Å². The van der Waals surface area contributed by atoms with Crippen LogP contribution in [0.5, 0.6) is 5.75 Å². The van der Waals surface area contributed by atoms with E-state index in [2.05, 4.69) is 0 Å². The Bertz CT molecular complexity index is 982. The summed E-state index contributed by atoms with van der Waals surface area (Å²) in [5.74, 6) is -0.549.